The van der Waals surface area contributed by atoms with Crippen molar-refractivity contribution in [2.24, 2.45) is 5.41 Å². The SMILES string of the molecule is CCCCCCCCc1cc([C@H]2CC[C@@](C#N)(CCCC)CC2)ccc1-c1ccccc1. The summed E-state index contributed by atoms with van der Waals surface area (Å²) in [6, 6.07) is 20.9. The van der Waals surface area contributed by atoms with Crippen LogP contribution in [-0.4, -0.2) is 0 Å². The van der Waals surface area contributed by atoms with Gasteiger partial charge < -0.3 is 0 Å². The molecule has 2 aromatic carbocycles. The number of nitrogens with zero attached hydrogens (tertiary/aromatic N) is 1. The molecule has 0 heterocycles. The lowest BCUT2D eigenvalue weighted by Gasteiger charge is -2.35. The van der Waals surface area contributed by atoms with E-state index in [4.69, 9.17) is 0 Å². The molecule has 0 spiro atoms. The molecule has 0 atom stereocenters. The second-order valence-corrected chi connectivity index (χ2v) is 10.1. The van der Waals surface area contributed by atoms with Crippen LogP contribution in [0.4, 0.5) is 0 Å². The first-order valence-electron chi connectivity index (χ1n) is 13.3. The Morgan fingerprint density at radius 1 is 0.844 bits per heavy atom. The Morgan fingerprint density at radius 3 is 2.22 bits per heavy atom. The van der Waals surface area contributed by atoms with Crippen LogP contribution in [0.15, 0.2) is 48.5 Å². The van der Waals surface area contributed by atoms with Crippen LogP contribution in [0.2, 0.25) is 0 Å². The largest absolute Gasteiger partial charge is 0.198 e. The van der Waals surface area contributed by atoms with Gasteiger partial charge in [-0.3, -0.25) is 0 Å². The lowest BCUT2D eigenvalue weighted by atomic mass is 9.67. The summed E-state index contributed by atoms with van der Waals surface area (Å²) in [5.74, 6) is 0.617. The Morgan fingerprint density at radius 2 is 1.53 bits per heavy atom. The maximum Gasteiger partial charge on any atom is 0.0689 e. The summed E-state index contributed by atoms with van der Waals surface area (Å²) in [7, 11) is 0. The monoisotopic (exact) mass is 429 g/mol. The average Bonchev–Trinajstić information content (AvgIpc) is 2.85. The van der Waals surface area contributed by atoms with E-state index in [1.165, 1.54) is 92.9 Å². The van der Waals surface area contributed by atoms with Gasteiger partial charge in [0, 0.05) is 0 Å². The molecule has 0 N–H and O–H groups in total. The van der Waals surface area contributed by atoms with Crippen LogP contribution in [0.1, 0.15) is 114 Å². The summed E-state index contributed by atoms with van der Waals surface area (Å²) in [5, 5.41) is 9.86. The fourth-order valence-electron chi connectivity index (χ4n) is 5.51. The summed E-state index contributed by atoms with van der Waals surface area (Å²) >= 11 is 0. The Hall–Kier alpha value is -2.07. The van der Waals surface area contributed by atoms with Gasteiger partial charge in [-0.05, 0) is 73.1 Å². The molecule has 0 radical (unpaired) electrons. The molecule has 1 nitrogen and oxygen atoms in total. The third-order valence-corrected chi connectivity index (χ3v) is 7.67. The van der Waals surface area contributed by atoms with Crippen molar-refractivity contribution in [2.75, 3.05) is 0 Å². The van der Waals surface area contributed by atoms with E-state index in [0.29, 0.717) is 5.92 Å². The molecule has 172 valence electrons. The van der Waals surface area contributed by atoms with Gasteiger partial charge in [-0.2, -0.15) is 5.26 Å². The number of hydrogen-bond acceptors (Lipinski definition) is 1. The quantitative estimate of drug-likeness (QED) is 0.308. The van der Waals surface area contributed by atoms with Gasteiger partial charge >= 0.3 is 0 Å². The van der Waals surface area contributed by atoms with Crippen molar-refractivity contribution in [1.29, 1.82) is 5.26 Å². The van der Waals surface area contributed by atoms with Crippen LogP contribution >= 0.6 is 0 Å². The zero-order valence-electron chi connectivity index (χ0n) is 20.5. The van der Waals surface area contributed by atoms with Gasteiger partial charge in [0.05, 0.1) is 11.5 Å². The average molecular weight is 430 g/mol. The highest BCUT2D eigenvalue weighted by molar-refractivity contribution is 5.68. The molecule has 3 rings (SSSR count). The lowest BCUT2D eigenvalue weighted by molar-refractivity contribution is 0.224. The van der Waals surface area contributed by atoms with E-state index in [9.17, 15) is 5.26 Å². The van der Waals surface area contributed by atoms with Crippen molar-refractivity contribution in [3.05, 3.63) is 59.7 Å². The molecule has 1 fully saturated rings. The second-order valence-electron chi connectivity index (χ2n) is 10.1. The van der Waals surface area contributed by atoms with E-state index in [1.54, 1.807) is 0 Å². The minimum absolute atomic E-state index is 0.0577. The van der Waals surface area contributed by atoms with Gasteiger partial charge in [0.15, 0.2) is 0 Å². The normalized spacial score (nSPS) is 20.7. The molecule has 32 heavy (non-hydrogen) atoms. The van der Waals surface area contributed by atoms with Crippen molar-refractivity contribution in [2.45, 2.75) is 110 Å². The Bertz CT molecular complexity index is 837. The van der Waals surface area contributed by atoms with Crippen molar-refractivity contribution in [1.82, 2.24) is 0 Å². The minimum atomic E-state index is -0.0577. The molecule has 0 aromatic heterocycles. The van der Waals surface area contributed by atoms with Gasteiger partial charge in [0.25, 0.3) is 0 Å². The molecule has 2 aromatic rings. The molecule has 0 amide bonds. The van der Waals surface area contributed by atoms with Crippen LogP contribution < -0.4 is 0 Å². The van der Waals surface area contributed by atoms with E-state index in [0.717, 1.165) is 19.3 Å². The molecule has 0 saturated heterocycles. The lowest BCUT2D eigenvalue weighted by Crippen LogP contribution is -2.25. The van der Waals surface area contributed by atoms with E-state index in [2.05, 4.69) is 68.4 Å². The predicted octanol–water partition coefficient (Wildman–Crippen LogP) is 9.61. The molecule has 1 aliphatic carbocycles. The van der Waals surface area contributed by atoms with Gasteiger partial charge in [-0.25, -0.2) is 0 Å². The van der Waals surface area contributed by atoms with Crippen LogP contribution in [0.5, 0.6) is 0 Å². The molecule has 0 bridgehead atoms. The topological polar surface area (TPSA) is 23.8 Å². The van der Waals surface area contributed by atoms with E-state index in [-0.39, 0.29) is 5.41 Å². The maximum atomic E-state index is 9.86. The van der Waals surface area contributed by atoms with E-state index < -0.39 is 0 Å². The highest BCUT2D eigenvalue weighted by atomic mass is 14.4. The smallest absolute Gasteiger partial charge is 0.0689 e. The highest BCUT2D eigenvalue weighted by Gasteiger charge is 2.35. The van der Waals surface area contributed by atoms with Crippen molar-refractivity contribution in [3.8, 4) is 17.2 Å². The van der Waals surface area contributed by atoms with Gasteiger partial charge in [0.2, 0.25) is 0 Å². The summed E-state index contributed by atoms with van der Waals surface area (Å²) in [4.78, 5) is 0. The molecular formula is C31H43N. The predicted molar refractivity (Wildman–Crippen MR) is 138 cm³/mol. The van der Waals surface area contributed by atoms with E-state index in [1.807, 2.05) is 0 Å². The Balaban J connectivity index is 1.71. The second kappa shape index (κ2) is 12.8. The summed E-state index contributed by atoms with van der Waals surface area (Å²) < 4.78 is 0. The van der Waals surface area contributed by atoms with Crippen LogP contribution in [-0.2, 0) is 6.42 Å². The van der Waals surface area contributed by atoms with Crippen LogP contribution in [0, 0.1) is 16.7 Å². The third-order valence-electron chi connectivity index (χ3n) is 7.67. The molecule has 0 unspecified atom stereocenters. The number of hydrogen-bond donors (Lipinski definition) is 0. The Kier molecular flexibility index (Phi) is 9.86. The maximum absolute atomic E-state index is 9.86. The first-order chi connectivity index (χ1) is 15.7. The molecule has 0 aliphatic heterocycles. The van der Waals surface area contributed by atoms with Crippen LogP contribution in [0.25, 0.3) is 11.1 Å². The highest BCUT2D eigenvalue weighted by Crippen LogP contribution is 2.46. The molecule has 1 aliphatic rings. The number of nitriles is 1. The van der Waals surface area contributed by atoms with Crippen molar-refractivity contribution >= 4 is 0 Å². The molecule has 1 heteroatoms. The molecule has 1 saturated carbocycles. The Labute approximate surface area is 197 Å². The zero-order chi connectivity index (χ0) is 22.7. The van der Waals surface area contributed by atoms with Gasteiger partial charge in [-0.1, -0.05) is 107 Å². The number of benzene rings is 2. The first kappa shape index (κ1) is 24.6. The number of aryl methyl sites for hydroxylation is 1. The standard InChI is InChI=1S/C31H43N/c1-3-5-7-8-9-11-16-29-24-28(17-18-30(29)27-14-12-10-13-15-27)26-19-22-31(25-32,23-20-26)21-6-4-2/h10,12-15,17-18,24,26H,3-9,11,16,19-23H2,1-2H3/t26-,31-. The van der Waals surface area contributed by atoms with Crippen molar-refractivity contribution < 1.29 is 0 Å². The first-order valence-corrected chi connectivity index (χ1v) is 13.3. The summed E-state index contributed by atoms with van der Waals surface area (Å²) in [6.07, 6.45) is 17.2. The van der Waals surface area contributed by atoms with Crippen molar-refractivity contribution in [3.63, 3.8) is 0 Å². The fraction of sp³-hybridized carbons (Fsp3) is 0.581. The molecular weight excluding hydrogens is 386 g/mol. The summed E-state index contributed by atoms with van der Waals surface area (Å²) in [5.41, 5.74) is 5.72. The van der Waals surface area contributed by atoms with E-state index >= 15 is 0 Å². The fourth-order valence-corrected chi connectivity index (χ4v) is 5.51. The van der Waals surface area contributed by atoms with Gasteiger partial charge in [-0.15, -0.1) is 0 Å². The zero-order valence-corrected chi connectivity index (χ0v) is 20.5. The number of unbranched alkanes of at least 4 members (excludes halogenated alkanes) is 6. The third kappa shape index (κ3) is 6.71. The number of rotatable bonds is 12. The summed E-state index contributed by atoms with van der Waals surface area (Å²) in [6.45, 7) is 4.52. The minimum Gasteiger partial charge on any atom is -0.198 e. The van der Waals surface area contributed by atoms with Gasteiger partial charge in [0.1, 0.15) is 0 Å². The van der Waals surface area contributed by atoms with Crippen LogP contribution in [0.3, 0.4) is 0 Å².